The van der Waals surface area contributed by atoms with Crippen LogP contribution in [-0.2, 0) is 0 Å². The van der Waals surface area contributed by atoms with E-state index < -0.39 is 0 Å². The molecule has 12 heavy (non-hydrogen) atoms. The summed E-state index contributed by atoms with van der Waals surface area (Å²) in [5.41, 5.74) is 0. The van der Waals surface area contributed by atoms with Gasteiger partial charge in [-0.3, -0.25) is 0 Å². The SMILES string of the molecule is CC1CCN(c2cn[nH]n2)CC1. The zero-order valence-electron chi connectivity index (χ0n) is 7.32. The summed E-state index contributed by atoms with van der Waals surface area (Å²) in [7, 11) is 0. The molecular weight excluding hydrogens is 152 g/mol. The summed E-state index contributed by atoms with van der Waals surface area (Å²) in [5, 5.41) is 10.5. The van der Waals surface area contributed by atoms with Crippen LogP contribution in [0.4, 0.5) is 5.82 Å². The van der Waals surface area contributed by atoms with Crippen molar-refractivity contribution in [3.8, 4) is 0 Å². The first kappa shape index (κ1) is 7.58. The van der Waals surface area contributed by atoms with Gasteiger partial charge < -0.3 is 4.90 Å². The highest BCUT2D eigenvalue weighted by molar-refractivity contribution is 5.34. The molecule has 1 aromatic rings. The van der Waals surface area contributed by atoms with Gasteiger partial charge in [-0.05, 0) is 18.8 Å². The van der Waals surface area contributed by atoms with Crippen LogP contribution in [0.3, 0.4) is 0 Å². The van der Waals surface area contributed by atoms with Crippen LogP contribution in [-0.4, -0.2) is 28.5 Å². The number of hydrogen-bond acceptors (Lipinski definition) is 3. The number of piperidine rings is 1. The molecule has 0 spiro atoms. The quantitative estimate of drug-likeness (QED) is 0.678. The van der Waals surface area contributed by atoms with Crippen molar-refractivity contribution < 1.29 is 0 Å². The first-order chi connectivity index (χ1) is 5.86. The fourth-order valence-electron chi connectivity index (χ4n) is 1.59. The van der Waals surface area contributed by atoms with Gasteiger partial charge in [-0.1, -0.05) is 6.92 Å². The van der Waals surface area contributed by atoms with E-state index in [-0.39, 0.29) is 0 Å². The van der Waals surface area contributed by atoms with Crippen molar-refractivity contribution in [1.82, 2.24) is 15.4 Å². The maximum Gasteiger partial charge on any atom is 0.170 e. The normalized spacial score (nSPS) is 19.9. The molecule has 1 aliphatic heterocycles. The molecule has 4 heteroatoms. The van der Waals surface area contributed by atoms with Gasteiger partial charge in [0.25, 0.3) is 0 Å². The van der Waals surface area contributed by atoms with Crippen molar-refractivity contribution in [2.24, 2.45) is 5.92 Å². The predicted octanol–water partition coefficient (Wildman–Crippen LogP) is 1.04. The fraction of sp³-hybridized carbons (Fsp3) is 0.750. The fourth-order valence-corrected chi connectivity index (χ4v) is 1.59. The number of nitrogens with one attached hydrogen (secondary N) is 1. The monoisotopic (exact) mass is 166 g/mol. The molecule has 1 fully saturated rings. The second-order valence-corrected chi connectivity index (χ2v) is 3.50. The van der Waals surface area contributed by atoms with Gasteiger partial charge in [0.1, 0.15) is 0 Å². The zero-order valence-corrected chi connectivity index (χ0v) is 7.32. The van der Waals surface area contributed by atoms with Crippen molar-refractivity contribution in [2.45, 2.75) is 19.8 Å². The molecule has 0 aromatic carbocycles. The summed E-state index contributed by atoms with van der Waals surface area (Å²) in [6, 6.07) is 0. The maximum atomic E-state index is 4.05. The van der Waals surface area contributed by atoms with Crippen molar-refractivity contribution in [3.05, 3.63) is 6.20 Å². The minimum absolute atomic E-state index is 0.869. The van der Waals surface area contributed by atoms with Gasteiger partial charge in [0, 0.05) is 13.1 Å². The Morgan fingerprint density at radius 3 is 2.83 bits per heavy atom. The molecule has 2 rings (SSSR count). The van der Waals surface area contributed by atoms with Crippen LogP contribution < -0.4 is 4.90 Å². The Labute approximate surface area is 72.0 Å². The number of H-pyrrole nitrogens is 1. The number of hydrogen-bond donors (Lipinski definition) is 1. The lowest BCUT2D eigenvalue weighted by molar-refractivity contribution is 0.436. The highest BCUT2D eigenvalue weighted by Gasteiger charge is 2.16. The van der Waals surface area contributed by atoms with E-state index in [0.29, 0.717) is 0 Å². The van der Waals surface area contributed by atoms with E-state index in [4.69, 9.17) is 0 Å². The Morgan fingerprint density at radius 2 is 2.25 bits per heavy atom. The number of rotatable bonds is 1. The van der Waals surface area contributed by atoms with Crippen molar-refractivity contribution in [1.29, 1.82) is 0 Å². The molecule has 4 nitrogen and oxygen atoms in total. The van der Waals surface area contributed by atoms with Crippen molar-refractivity contribution >= 4 is 5.82 Å². The van der Waals surface area contributed by atoms with Crippen LogP contribution in [0.5, 0.6) is 0 Å². The van der Waals surface area contributed by atoms with Crippen LogP contribution in [0, 0.1) is 5.92 Å². The van der Waals surface area contributed by atoms with Crippen LogP contribution in [0.2, 0.25) is 0 Å². The molecule has 1 aliphatic rings. The van der Waals surface area contributed by atoms with Crippen LogP contribution in [0.25, 0.3) is 0 Å². The van der Waals surface area contributed by atoms with E-state index in [0.717, 1.165) is 24.8 Å². The third-order valence-corrected chi connectivity index (χ3v) is 2.51. The molecular formula is C8H14N4. The van der Waals surface area contributed by atoms with Crippen LogP contribution in [0.1, 0.15) is 19.8 Å². The second-order valence-electron chi connectivity index (χ2n) is 3.50. The predicted molar refractivity (Wildman–Crippen MR) is 47.0 cm³/mol. The molecule has 0 unspecified atom stereocenters. The Morgan fingerprint density at radius 1 is 1.50 bits per heavy atom. The zero-order chi connectivity index (χ0) is 8.39. The molecule has 0 amide bonds. The first-order valence-electron chi connectivity index (χ1n) is 4.47. The largest absolute Gasteiger partial charge is 0.354 e. The number of nitrogens with zero attached hydrogens (tertiary/aromatic N) is 3. The molecule has 1 saturated heterocycles. The molecule has 1 aromatic heterocycles. The third-order valence-electron chi connectivity index (χ3n) is 2.51. The summed E-state index contributed by atoms with van der Waals surface area (Å²) in [4.78, 5) is 2.28. The van der Waals surface area contributed by atoms with Gasteiger partial charge in [-0.15, -0.1) is 5.10 Å². The number of anilines is 1. The Hall–Kier alpha value is -1.06. The van der Waals surface area contributed by atoms with E-state index >= 15 is 0 Å². The Balaban J connectivity index is 1.99. The van der Waals surface area contributed by atoms with E-state index in [1.54, 1.807) is 6.20 Å². The summed E-state index contributed by atoms with van der Waals surface area (Å²) in [6.45, 7) is 4.54. The van der Waals surface area contributed by atoms with E-state index in [2.05, 4.69) is 27.2 Å². The summed E-state index contributed by atoms with van der Waals surface area (Å²) >= 11 is 0. The highest BCUT2D eigenvalue weighted by atomic mass is 15.4. The lowest BCUT2D eigenvalue weighted by atomic mass is 9.99. The van der Waals surface area contributed by atoms with Gasteiger partial charge in [-0.2, -0.15) is 10.3 Å². The highest BCUT2D eigenvalue weighted by Crippen LogP contribution is 2.19. The average Bonchev–Trinajstić information content (AvgIpc) is 2.58. The third kappa shape index (κ3) is 1.42. The van der Waals surface area contributed by atoms with Gasteiger partial charge in [0.05, 0.1) is 6.20 Å². The van der Waals surface area contributed by atoms with Gasteiger partial charge >= 0.3 is 0 Å². The van der Waals surface area contributed by atoms with E-state index in [1.807, 2.05) is 0 Å². The lowest BCUT2D eigenvalue weighted by Crippen LogP contribution is -2.32. The molecule has 0 bridgehead atoms. The molecule has 0 radical (unpaired) electrons. The maximum absolute atomic E-state index is 4.05. The van der Waals surface area contributed by atoms with E-state index in [1.165, 1.54) is 12.8 Å². The van der Waals surface area contributed by atoms with Gasteiger partial charge in [0.2, 0.25) is 0 Å². The van der Waals surface area contributed by atoms with Crippen LogP contribution in [0.15, 0.2) is 6.20 Å². The van der Waals surface area contributed by atoms with Crippen molar-refractivity contribution in [2.75, 3.05) is 18.0 Å². The minimum Gasteiger partial charge on any atom is -0.354 e. The summed E-state index contributed by atoms with van der Waals surface area (Å²) < 4.78 is 0. The molecule has 1 N–H and O–H groups in total. The molecule has 0 saturated carbocycles. The van der Waals surface area contributed by atoms with Gasteiger partial charge in [-0.25, -0.2) is 0 Å². The van der Waals surface area contributed by atoms with Gasteiger partial charge in [0.15, 0.2) is 5.82 Å². The molecule has 2 heterocycles. The molecule has 0 aliphatic carbocycles. The molecule has 0 atom stereocenters. The Bertz CT molecular complexity index is 223. The van der Waals surface area contributed by atoms with E-state index in [9.17, 15) is 0 Å². The second kappa shape index (κ2) is 3.13. The smallest absolute Gasteiger partial charge is 0.170 e. The minimum atomic E-state index is 0.869. The standard InChI is InChI=1S/C8H14N4/c1-7-2-4-12(5-3-7)8-6-9-11-10-8/h6-7H,2-5H2,1H3,(H,9,10,11). The molecule has 66 valence electrons. The first-order valence-corrected chi connectivity index (χ1v) is 4.47. The van der Waals surface area contributed by atoms with Crippen LogP contribution >= 0.6 is 0 Å². The average molecular weight is 166 g/mol. The topological polar surface area (TPSA) is 44.8 Å². The Kier molecular flexibility index (Phi) is 1.98. The summed E-state index contributed by atoms with van der Waals surface area (Å²) in [6.07, 6.45) is 4.33. The summed E-state index contributed by atoms with van der Waals surface area (Å²) in [5.74, 6) is 1.86. The van der Waals surface area contributed by atoms with Crippen molar-refractivity contribution in [3.63, 3.8) is 0 Å². The number of aromatic amines is 1. The lowest BCUT2D eigenvalue weighted by Gasteiger charge is -2.29. The number of aromatic nitrogens is 3.